The Morgan fingerprint density at radius 1 is 1.23 bits per heavy atom. The number of hydrogen-bond donors (Lipinski definition) is 3. The van der Waals surface area contributed by atoms with Gasteiger partial charge in [0.25, 0.3) is 5.91 Å². The van der Waals surface area contributed by atoms with Crippen molar-refractivity contribution in [1.82, 2.24) is 30.3 Å². The number of aromatic nitrogens is 3. The first kappa shape index (κ1) is 19.7. The predicted octanol–water partition coefficient (Wildman–Crippen LogP) is 0.613. The fourth-order valence-electron chi connectivity index (χ4n) is 4.60. The van der Waals surface area contributed by atoms with E-state index in [0.717, 1.165) is 36.3 Å². The molecule has 10 nitrogen and oxygen atoms in total. The molecule has 1 aromatic carbocycles. The van der Waals surface area contributed by atoms with Crippen LogP contribution in [0.1, 0.15) is 59.0 Å². The Bertz CT molecular complexity index is 1060. The summed E-state index contributed by atoms with van der Waals surface area (Å²) < 4.78 is 1.74. The van der Waals surface area contributed by atoms with Crippen molar-refractivity contribution in [2.75, 3.05) is 11.9 Å². The van der Waals surface area contributed by atoms with Gasteiger partial charge in [0, 0.05) is 32.1 Å². The molecular formula is C21H25N7O3. The van der Waals surface area contributed by atoms with Gasteiger partial charge >= 0.3 is 0 Å². The van der Waals surface area contributed by atoms with Crippen LogP contribution in [0.4, 0.5) is 5.95 Å². The molecule has 2 fully saturated rings. The van der Waals surface area contributed by atoms with Crippen molar-refractivity contribution in [3.63, 3.8) is 0 Å². The molecule has 3 amide bonds. The molecule has 1 unspecified atom stereocenters. The summed E-state index contributed by atoms with van der Waals surface area (Å²) in [6.07, 6.45) is 2.76. The van der Waals surface area contributed by atoms with Crippen molar-refractivity contribution in [1.29, 1.82) is 0 Å². The second-order valence-electron chi connectivity index (χ2n) is 8.26. The first-order chi connectivity index (χ1) is 15.0. The molecule has 3 aliphatic rings. The van der Waals surface area contributed by atoms with E-state index in [0.29, 0.717) is 31.0 Å². The summed E-state index contributed by atoms with van der Waals surface area (Å²) in [7, 11) is 1.86. The van der Waals surface area contributed by atoms with Crippen molar-refractivity contribution in [2.24, 2.45) is 7.05 Å². The number of carbonyl (C=O) groups excluding carboxylic acids is 3. The molecule has 2 aromatic rings. The van der Waals surface area contributed by atoms with Crippen molar-refractivity contribution >= 4 is 23.7 Å². The standard InChI is InChI=1S/C21H25N7O3/c1-27-21(25-18(26-27)15-6-3-9-22-15)23-10-12-4-2-5-13-14(12)11-28(20(13)31)16-7-8-17(29)24-19(16)30/h2,4-5,15-16,22H,3,6-11H2,1H3,(H,23,25,26)(H,24,29,30)/t15-,16?/m0/s1. The number of piperidine rings is 1. The van der Waals surface area contributed by atoms with E-state index < -0.39 is 11.9 Å². The van der Waals surface area contributed by atoms with Gasteiger partial charge in [-0.1, -0.05) is 12.1 Å². The number of nitrogens with zero attached hydrogens (tertiary/aromatic N) is 4. The number of benzene rings is 1. The van der Waals surface area contributed by atoms with E-state index in [-0.39, 0.29) is 24.3 Å². The van der Waals surface area contributed by atoms with Gasteiger partial charge in [-0.25, -0.2) is 4.68 Å². The number of nitrogens with one attached hydrogen (secondary N) is 3. The maximum Gasteiger partial charge on any atom is 0.255 e. The van der Waals surface area contributed by atoms with E-state index in [1.54, 1.807) is 15.6 Å². The van der Waals surface area contributed by atoms with E-state index in [1.165, 1.54) is 0 Å². The zero-order valence-corrected chi connectivity index (χ0v) is 17.4. The molecule has 31 heavy (non-hydrogen) atoms. The molecule has 2 saturated heterocycles. The maximum atomic E-state index is 13.0. The van der Waals surface area contributed by atoms with Gasteiger partial charge in [-0.3, -0.25) is 19.7 Å². The molecule has 3 aliphatic heterocycles. The normalized spacial score (nSPS) is 23.3. The number of anilines is 1. The van der Waals surface area contributed by atoms with Crippen LogP contribution in [0.3, 0.4) is 0 Å². The van der Waals surface area contributed by atoms with Crippen LogP contribution in [-0.2, 0) is 29.7 Å². The predicted molar refractivity (Wildman–Crippen MR) is 111 cm³/mol. The van der Waals surface area contributed by atoms with Gasteiger partial charge in [-0.05, 0) is 43.0 Å². The van der Waals surface area contributed by atoms with Crippen LogP contribution in [-0.4, -0.2) is 50.0 Å². The molecule has 0 radical (unpaired) electrons. The summed E-state index contributed by atoms with van der Waals surface area (Å²) in [6.45, 7) is 1.83. The van der Waals surface area contributed by atoms with Crippen LogP contribution in [0.15, 0.2) is 18.2 Å². The molecule has 4 heterocycles. The molecule has 10 heteroatoms. The fourth-order valence-corrected chi connectivity index (χ4v) is 4.60. The summed E-state index contributed by atoms with van der Waals surface area (Å²) in [5.41, 5.74) is 2.49. The van der Waals surface area contributed by atoms with E-state index in [2.05, 4.69) is 26.0 Å². The number of fused-ring (bicyclic) bond motifs is 1. The van der Waals surface area contributed by atoms with Crippen LogP contribution >= 0.6 is 0 Å². The van der Waals surface area contributed by atoms with E-state index in [9.17, 15) is 14.4 Å². The number of rotatable bonds is 5. The van der Waals surface area contributed by atoms with Crippen molar-refractivity contribution in [3.8, 4) is 0 Å². The molecule has 0 spiro atoms. The third-order valence-corrected chi connectivity index (χ3v) is 6.27. The van der Waals surface area contributed by atoms with Gasteiger partial charge in [0.15, 0.2) is 5.82 Å². The molecule has 162 valence electrons. The summed E-state index contributed by atoms with van der Waals surface area (Å²) in [5.74, 6) is 0.614. The smallest absolute Gasteiger partial charge is 0.255 e. The Morgan fingerprint density at radius 3 is 2.87 bits per heavy atom. The second kappa shape index (κ2) is 7.77. The number of amides is 3. The molecule has 2 atom stereocenters. The monoisotopic (exact) mass is 423 g/mol. The Hall–Kier alpha value is -3.27. The van der Waals surface area contributed by atoms with Crippen LogP contribution in [0, 0.1) is 0 Å². The van der Waals surface area contributed by atoms with Gasteiger partial charge in [-0.15, -0.1) is 0 Å². The maximum absolute atomic E-state index is 13.0. The Morgan fingerprint density at radius 2 is 2.10 bits per heavy atom. The molecule has 0 aliphatic carbocycles. The van der Waals surface area contributed by atoms with Gasteiger partial charge in [0.1, 0.15) is 6.04 Å². The van der Waals surface area contributed by atoms with Crippen molar-refractivity contribution < 1.29 is 14.4 Å². The number of carbonyl (C=O) groups is 3. The zero-order chi connectivity index (χ0) is 21.5. The fraction of sp³-hybridized carbons (Fsp3) is 0.476. The van der Waals surface area contributed by atoms with Gasteiger partial charge in [0.2, 0.25) is 17.8 Å². The van der Waals surface area contributed by atoms with Crippen LogP contribution < -0.4 is 16.0 Å². The number of aryl methyl sites for hydroxylation is 1. The Balaban J connectivity index is 1.32. The lowest BCUT2D eigenvalue weighted by Crippen LogP contribution is -2.52. The average molecular weight is 423 g/mol. The summed E-state index contributed by atoms with van der Waals surface area (Å²) >= 11 is 0. The minimum atomic E-state index is -0.612. The Kier molecular flexibility index (Phi) is 4.93. The lowest BCUT2D eigenvalue weighted by Gasteiger charge is -2.29. The minimum Gasteiger partial charge on any atom is -0.350 e. The molecule has 5 rings (SSSR count). The molecule has 0 bridgehead atoms. The lowest BCUT2D eigenvalue weighted by molar-refractivity contribution is -0.136. The first-order valence-electron chi connectivity index (χ1n) is 10.6. The molecule has 0 saturated carbocycles. The van der Waals surface area contributed by atoms with E-state index in [4.69, 9.17) is 0 Å². The van der Waals surface area contributed by atoms with E-state index >= 15 is 0 Å². The van der Waals surface area contributed by atoms with E-state index in [1.807, 2.05) is 19.2 Å². The van der Waals surface area contributed by atoms with Crippen molar-refractivity contribution in [2.45, 2.75) is 50.9 Å². The highest BCUT2D eigenvalue weighted by Crippen LogP contribution is 2.30. The SMILES string of the molecule is Cn1nc([C@@H]2CCCN2)nc1NCc1cccc2c1CN(C1CCC(=O)NC1=O)C2=O. The second-order valence-corrected chi connectivity index (χ2v) is 8.26. The largest absolute Gasteiger partial charge is 0.350 e. The summed E-state index contributed by atoms with van der Waals surface area (Å²) in [4.78, 5) is 42.9. The lowest BCUT2D eigenvalue weighted by atomic mass is 10.0. The highest BCUT2D eigenvalue weighted by Gasteiger charge is 2.39. The third-order valence-electron chi connectivity index (χ3n) is 6.27. The average Bonchev–Trinajstić information content (AvgIpc) is 3.47. The molecular weight excluding hydrogens is 398 g/mol. The minimum absolute atomic E-state index is 0.167. The van der Waals surface area contributed by atoms with Crippen LogP contribution in [0.25, 0.3) is 0 Å². The number of hydrogen-bond acceptors (Lipinski definition) is 7. The number of imide groups is 1. The quantitative estimate of drug-likeness (QED) is 0.603. The topological polar surface area (TPSA) is 121 Å². The summed E-state index contributed by atoms with van der Waals surface area (Å²) in [5, 5.41) is 13.6. The van der Waals surface area contributed by atoms with Crippen molar-refractivity contribution in [3.05, 3.63) is 40.7 Å². The molecule has 3 N–H and O–H groups in total. The zero-order valence-electron chi connectivity index (χ0n) is 17.4. The third kappa shape index (κ3) is 3.56. The van der Waals surface area contributed by atoms with Gasteiger partial charge < -0.3 is 15.5 Å². The van der Waals surface area contributed by atoms with Crippen LogP contribution in [0.5, 0.6) is 0 Å². The first-order valence-corrected chi connectivity index (χ1v) is 10.6. The van der Waals surface area contributed by atoms with Gasteiger partial charge in [0.05, 0.1) is 6.04 Å². The molecule has 1 aromatic heterocycles. The van der Waals surface area contributed by atoms with Crippen LogP contribution in [0.2, 0.25) is 0 Å². The summed E-state index contributed by atoms with van der Waals surface area (Å²) in [6, 6.07) is 5.20. The van der Waals surface area contributed by atoms with Gasteiger partial charge in [-0.2, -0.15) is 10.1 Å². The Labute approximate surface area is 179 Å². The highest BCUT2D eigenvalue weighted by molar-refractivity contribution is 6.05. The highest BCUT2D eigenvalue weighted by atomic mass is 16.2.